The van der Waals surface area contributed by atoms with Gasteiger partial charge in [-0.25, -0.2) is 19.0 Å². The Bertz CT molecular complexity index is 2040. The van der Waals surface area contributed by atoms with Gasteiger partial charge in [0.15, 0.2) is 17.0 Å². The summed E-state index contributed by atoms with van der Waals surface area (Å²) in [4.78, 5) is 64.4. The fourth-order valence-electron chi connectivity index (χ4n) is 6.35. The van der Waals surface area contributed by atoms with Crippen LogP contribution < -0.4 is 25.8 Å². The molecule has 0 saturated carbocycles. The Morgan fingerprint density at radius 1 is 1.28 bits per heavy atom. The van der Waals surface area contributed by atoms with Crippen molar-refractivity contribution in [1.29, 1.82) is 0 Å². The number of benzene rings is 1. The van der Waals surface area contributed by atoms with Gasteiger partial charge in [-0.1, -0.05) is 12.1 Å². The molecule has 0 aliphatic carbocycles. The van der Waals surface area contributed by atoms with Gasteiger partial charge in [-0.15, -0.1) is 34.9 Å². The first-order valence-electron chi connectivity index (χ1n) is 16.9. The van der Waals surface area contributed by atoms with Crippen molar-refractivity contribution in [3.05, 3.63) is 52.6 Å². The number of aryl methyl sites for hydroxylation is 1. The number of nitrogens with two attached hydrogens (primary N) is 1. The highest BCUT2D eigenvalue weighted by molar-refractivity contribution is 8.01. The van der Waals surface area contributed by atoms with Crippen LogP contribution in [0, 0.1) is 5.82 Å². The number of hydrogen-bond donors (Lipinski definition) is 5. The summed E-state index contributed by atoms with van der Waals surface area (Å²) in [6.45, 7) is 9.52. The number of hydrogen-bond acceptors (Lipinski definition) is 13. The van der Waals surface area contributed by atoms with Crippen LogP contribution in [0.4, 0.5) is 15.2 Å². The number of aromatic nitrogens is 2. The molecule has 1 aromatic carbocycles. The summed E-state index contributed by atoms with van der Waals surface area (Å²) in [6, 6.07) is 4.43. The zero-order valence-corrected chi connectivity index (χ0v) is 31.9. The SMILES string of the molecule is CCC1CNCCN1c1cc2c(cc1F)c(SCC1=C(C(=O)O)N3C(=O)C(NC(=O)/C(=N\OC(C)(C)C(=O)O)c4csc(N)n4)C3SC1)cc[n+]2CC. The molecule has 3 unspecified atom stereocenters. The van der Waals surface area contributed by atoms with E-state index in [2.05, 4.69) is 37.2 Å². The van der Waals surface area contributed by atoms with Crippen molar-refractivity contribution in [3.63, 3.8) is 0 Å². The molecule has 2 saturated heterocycles. The Morgan fingerprint density at radius 3 is 2.72 bits per heavy atom. The number of nitrogens with one attached hydrogen (secondary N) is 2. The van der Waals surface area contributed by atoms with Crippen LogP contribution in [-0.2, 0) is 30.6 Å². The maximum atomic E-state index is 15.8. The van der Waals surface area contributed by atoms with Crippen molar-refractivity contribution in [2.24, 2.45) is 5.16 Å². The number of carbonyl (C=O) groups is 4. The number of amides is 2. The van der Waals surface area contributed by atoms with E-state index in [0.29, 0.717) is 29.7 Å². The number of oxime groups is 1. The number of carboxylic acid groups (broad SMARTS) is 2. The number of anilines is 2. The lowest BCUT2D eigenvalue weighted by atomic mass is 10.0. The summed E-state index contributed by atoms with van der Waals surface area (Å²) in [5, 5.41) is 31.0. The average molecular weight is 788 g/mol. The number of β-lactam (4-membered cyclic amide) rings is 1. The molecule has 2 amide bonds. The van der Waals surface area contributed by atoms with Crippen molar-refractivity contribution in [2.75, 3.05) is 41.8 Å². The smallest absolute Gasteiger partial charge is 0.352 e. The Balaban J connectivity index is 1.22. The molecule has 6 rings (SSSR count). The van der Waals surface area contributed by atoms with E-state index < -0.39 is 46.5 Å². The van der Waals surface area contributed by atoms with E-state index in [1.54, 1.807) is 6.07 Å². The van der Waals surface area contributed by atoms with E-state index in [1.807, 2.05) is 25.3 Å². The van der Waals surface area contributed by atoms with Gasteiger partial charge in [0.25, 0.3) is 11.8 Å². The minimum Gasteiger partial charge on any atom is -0.478 e. The highest BCUT2D eigenvalue weighted by Crippen LogP contribution is 2.42. The predicted molar refractivity (Wildman–Crippen MR) is 200 cm³/mol. The highest BCUT2D eigenvalue weighted by Gasteiger charge is 2.54. The maximum Gasteiger partial charge on any atom is 0.352 e. The second kappa shape index (κ2) is 15.5. The van der Waals surface area contributed by atoms with Gasteiger partial charge in [0.05, 0.1) is 11.1 Å². The number of rotatable bonds is 13. The normalized spacial score (nSPS) is 20.7. The lowest BCUT2D eigenvalue weighted by Crippen LogP contribution is -2.71. The van der Waals surface area contributed by atoms with Crippen molar-refractivity contribution >= 4 is 86.0 Å². The van der Waals surface area contributed by atoms with E-state index in [1.165, 1.54) is 42.8 Å². The predicted octanol–water partition coefficient (Wildman–Crippen LogP) is 2.63. The van der Waals surface area contributed by atoms with Crippen LogP contribution in [0.3, 0.4) is 0 Å². The molecule has 3 aromatic rings. The molecule has 2 aromatic heterocycles. The molecule has 5 heterocycles. The monoisotopic (exact) mass is 787 g/mol. The first-order chi connectivity index (χ1) is 25.2. The van der Waals surface area contributed by atoms with Gasteiger partial charge in [0, 0.05) is 59.6 Å². The van der Waals surface area contributed by atoms with Crippen LogP contribution in [0.2, 0.25) is 0 Å². The van der Waals surface area contributed by atoms with E-state index >= 15 is 4.39 Å². The molecular formula is C34H40FN8O7S3+. The summed E-state index contributed by atoms with van der Waals surface area (Å²) >= 11 is 3.69. The molecule has 3 aliphatic heterocycles. The number of nitrogens with zero attached hydrogens (tertiary/aromatic N) is 5. The molecule has 0 spiro atoms. The first-order valence-corrected chi connectivity index (χ1v) is 19.8. The molecule has 3 aliphatic rings. The first kappa shape index (κ1) is 38.3. The van der Waals surface area contributed by atoms with Crippen LogP contribution in [0.1, 0.15) is 39.8 Å². The van der Waals surface area contributed by atoms with Gasteiger partial charge in [0.2, 0.25) is 11.1 Å². The van der Waals surface area contributed by atoms with Crippen molar-refractivity contribution < 1.29 is 43.2 Å². The van der Waals surface area contributed by atoms with Crippen LogP contribution in [0.5, 0.6) is 0 Å². The van der Waals surface area contributed by atoms with Crippen molar-refractivity contribution in [2.45, 2.75) is 68.6 Å². The molecule has 19 heteroatoms. The molecule has 53 heavy (non-hydrogen) atoms. The quantitative estimate of drug-likeness (QED) is 0.0557. The van der Waals surface area contributed by atoms with Gasteiger partial charge in [-0.05, 0) is 38.8 Å². The van der Waals surface area contributed by atoms with Crippen molar-refractivity contribution in [1.82, 2.24) is 20.5 Å². The zero-order valence-electron chi connectivity index (χ0n) is 29.4. The topological polar surface area (TPSA) is 204 Å². The second-order valence-corrected chi connectivity index (χ2v) is 16.1. The standard InChI is InChI=1S/C34H39FN8O7S3/c1-5-18-13-37-8-10-42(18)23-12-22-19(11-20(23)35)24(7-9-41(22)6-2)51-14-17-15-52-30-26(29(45)43(30)27(17)31(46)47)39-28(44)25(21-16-53-33(36)38-21)40-50-34(3,4)32(48)49/h7,9,11-12,16,18,26,30,37H,5-6,8,10,13-15H2,1-4H3,(H4-,36,38,39,44,46,47,48,49)/p+1/b40-25-. The van der Waals surface area contributed by atoms with Crippen LogP contribution in [-0.4, -0.2) is 104 Å². The summed E-state index contributed by atoms with van der Waals surface area (Å²) in [7, 11) is 0. The minimum absolute atomic E-state index is 0.0134. The Morgan fingerprint density at radius 2 is 2.06 bits per heavy atom. The fourth-order valence-corrected chi connectivity index (χ4v) is 9.41. The molecular weight excluding hydrogens is 748 g/mol. The molecule has 3 atom stereocenters. The van der Waals surface area contributed by atoms with E-state index in [0.717, 1.165) is 46.2 Å². The zero-order chi connectivity index (χ0) is 38.2. The molecule has 6 N–H and O–H groups in total. The summed E-state index contributed by atoms with van der Waals surface area (Å²) in [5.41, 5.74) is 5.35. The second-order valence-electron chi connectivity index (χ2n) is 13.1. The number of nitrogen functional groups attached to an aromatic ring is 1. The Hall–Kier alpha value is -4.46. The molecule has 15 nitrogen and oxygen atoms in total. The number of fused-ring (bicyclic) bond motifs is 2. The minimum atomic E-state index is -1.78. The summed E-state index contributed by atoms with van der Waals surface area (Å²) in [5.74, 6) is -3.96. The third-order valence-corrected chi connectivity index (χ3v) is 12.5. The number of piperazine rings is 1. The Labute approximate surface area is 316 Å². The fraction of sp³-hybridized carbons (Fsp3) is 0.441. The van der Waals surface area contributed by atoms with Gasteiger partial charge in [0.1, 0.15) is 35.2 Å². The number of thiazole rings is 1. The number of carboxylic acids is 2. The van der Waals surface area contributed by atoms with E-state index in [-0.39, 0.29) is 39.9 Å². The van der Waals surface area contributed by atoms with E-state index in [9.17, 15) is 29.4 Å². The van der Waals surface area contributed by atoms with Gasteiger partial charge < -0.3 is 36.3 Å². The highest BCUT2D eigenvalue weighted by atomic mass is 32.2. The molecule has 0 bridgehead atoms. The number of pyridine rings is 1. The van der Waals surface area contributed by atoms with Gasteiger partial charge in [-0.3, -0.25) is 14.5 Å². The summed E-state index contributed by atoms with van der Waals surface area (Å²) in [6.07, 6.45) is 2.82. The lowest BCUT2D eigenvalue weighted by Gasteiger charge is -2.49. The largest absolute Gasteiger partial charge is 0.478 e. The lowest BCUT2D eigenvalue weighted by molar-refractivity contribution is -0.668. The number of halogens is 1. The molecule has 0 radical (unpaired) electrons. The molecule has 2 fully saturated rings. The average Bonchev–Trinajstić information content (AvgIpc) is 3.57. The summed E-state index contributed by atoms with van der Waals surface area (Å²) < 4.78 is 17.9. The number of aliphatic carboxylic acids is 2. The maximum absolute atomic E-state index is 15.8. The number of thioether (sulfide) groups is 2. The third-order valence-electron chi connectivity index (χ3n) is 9.32. The molecule has 282 valence electrons. The van der Waals surface area contributed by atoms with Crippen molar-refractivity contribution in [3.8, 4) is 0 Å². The van der Waals surface area contributed by atoms with E-state index in [4.69, 9.17) is 10.6 Å². The Kier molecular flexibility index (Phi) is 11.2. The van der Waals surface area contributed by atoms with Gasteiger partial charge >= 0.3 is 11.9 Å². The van der Waals surface area contributed by atoms with Crippen LogP contribution >= 0.6 is 34.9 Å². The van der Waals surface area contributed by atoms with Crippen LogP contribution in [0.15, 0.2) is 51.1 Å². The van der Waals surface area contributed by atoms with Gasteiger partial charge in [-0.2, -0.15) is 4.57 Å². The van der Waals surface area contributed by atoms with Crippen LogP contribution in [0.25, 0.3) is 10.9 Å². The third kappa shape index (κ3) is 7.52. The number of carbonyl (C=O) groups excluding carboxylic acids is 2.